The van der Waals surface area contributed by atoms with Crippen LogP contribution in [0.5, 0.6) is 0 Å². The number of hydrogen-bond acceptors (Lipinski definition) is 3. The summed E-state index contributed by atoms with van der Waals surface area (Å²) in [6, 6.07) is 22.5. The van der Waals surface area contributed by atoms with Crippen molar-refractivity contribution in [2.75, 3.05) is 13.1 Å². The molecule has 0 saturated carbocycles. The summed E-state index contributed by atoms with van der Waals surface area (Å²) in [5.41, 5.74) is 4.64. The Morgan fingerprint density at radius 2 is 1.73 bits per heavy atom. The predicted octanol–water partition coefficient (Wildman–Crippen LogP) is 4.24. The number of para-hydroxylation sites is 1. The van der Waals surface area contributed by atoms with Gasteiger partial charge in [-0.25, -0.2) is 0 Å². The van der Waals surface area contributed by atoms with Crippen molar-refractivity contribution < 1.29 is 9.90 Å². The van der Waals surface area contributed by atoms with E-state index in [2.05, 4.69) is 9.88 Å². The van der Waals surface area contributed by atoms with Crippen LogP contribution >= 0.6 is 0 Å². The standard InChI is InChI=1S/C27H25N3O3/c31-23-12-6-11-22-19-13-17(15-30(22)23)14-29(16-19)26(27(32)33)24-20-9-4-5-10-21(20)28-25(24)18-7-2-1-3-8-18/h1-12,17,19,26,28H,13-16H2,(H,32,33)/t17-,19-,26?/m0/s1. The third-order valence-corrected chi connectivity index (χ3v) is 7.19. The first-order valence-corrected chi connectivity index (χ1v) is 11.4. The Kier molecular flexibility index (Phi) is 4.69. The molecule has 1 saturated heterocycles. The number of fused-ring (bicyclic) bond motifs is 5. The van der Waals surface area contributed by atoms with E-state index >= 15 is 0 Å². The number of nitrogens with zero attached hydrogens (tertiary/aromatic N) is 2. The molecule has 6 nitrogen and oxygen atoms in total. The third-order valence-electron chi connectivity index (χ3n) is 7.19. The van der Waals surface area contributed by atoms with Gasteiger partial charge in [0.1, 0.15) is 6.04 Å². The van der Waals surface area contributed by atoms with Crippen molar-refractivity contribution >= 4 is 16.9 Å². The van der Waals surface area contributed by atoms with Gasteiger partial charge in [-0.3, -0.25) is 14.5 Å². The van der Waals surface area contributed by atoms with Crippen LogP contribution in [0.3, 0.4) is 0 Å². The first-order chi connectivity index (χ1) is 16.1. The molecule has 166 valence electrons. The highest BCUT2D eigenvalue weighted by Gasteiger charge is 2.41. The van der Waals surface area contributed by atoms with Crippen molar-refractivity contribution in [1.82, 2.24) is 14.5 Å². The maximum Gasteiger partial charge on any atom is 0.325 e. The zero-order valence-corrected chi connectivity index (χ0v) is 18.1. The molecule has 33 heavy (non-hydrogen) atoms. The maximum absolute atomic E-state index is 12.8. The number of hydrogen-bond donors (Lipinski definition) is 2. The molecule has 0 spiro atoms. The van der Waals surface area contributed by atoms with E-state index in [-0.39, 0.29) is 17.4 Å². The largest absolute Gasteiger partial charge is 0.480 e. The fraction of sp³-hybridized carbons (Fsp3) is 0.259. The molecule has 6 heteroatoms. The van der Waals surface area contributed by atoms with E-state index < -0.39 is 12.0 Å². The van der Waals surface area contributed by atoms with Crippen molar-refractivity contribution in [2.24, 2.45) is 5.92 Å². The van der Waals surface area contributed by atoms with Crippen LogP contribution in [0.2, 0.25) is 0 Å². The van der Waals surface area contributed by atoms with Gasteiger partial charge in [0, 0.05) is 53.8 Å². The molecule has 2 N–H and O–H groups in total. The summed E-state index contributed by atoms with van der Waals surface area (Å²) in [7, 11) is 0. The molecule has 2 aromatic carbocycles. The van der Waals surface area contributed by atoms with Gasteiger partial charge >= 0.3 is 5.97 Å². The van der Waals surface area contributed by atoms with E-state index in [1.165, 1.54) is 0 Å². The lowest BCUT2D eigenvalue weighted by Gasteiger charge is -2.44. The number of pyridine rings is 1. The summed E-state index contributed by atoms with van der Waals surface area (Å²) in [6.45, 7) is 1.92. The summed E-state index contributed by atoms with van der Waals surface area (Å²) < 4.78 is 1.88. The second kappa shape index (κ2) is 7.74. The lowest BCUT2D eigenvalue weighted by molar-refractivity contribution is -0.144. The molecule has 3 atom stereocenters. The number of aliphatic carboxylic acids is 1. The first kappa shape index (κ1) is 20.0. The number of carboxylic acids is 1. The average Bonchev–Trinajstić information content (AvgIpc) is 3.20. The van der Waals surface area contributed by atoms with Crippen LogP contribution in [-0.4, -0.2) is 38.6 Å². The van der Waals surface area contributed by atoms with Crippen LogP contribution in [0.4, 0.5) is 0 Å². The minimum absolute atomic E-state index is 0.0356. The molecule has 6 rings (SSSR count). The summed E-state index contributed by atoms with van der Waals surface area (Å²) in [5.74, 6) is -0.440. The number of carboxylic acid groups (broad SMARTS) is 1. The van der Waals surface area contributed by atoms with Gasteiger partial charge in [-0.1, -0.05) is 54.6 Å². The zero-order chi connectivity index (χ0) is 22.5. The summed E-state index contributed by atoms with van der Waals surface area (Å²) in [5, 5.41) is 11.5. The Morgan fingerprint density at radius 3 is 2.55 bits per heavy atom. The van der Waals surface area contributed by atoms with E-state index in [4.69, 9.17) is 0 Å². The Balaban J connectivity index is 1.48. The van der Waals surface area contributed by atoms with Gasteiger partial charge in [0.15, 0.2) is 0 Å². The molecule has 1 fully saturated rings. The van der Waals surface area contributed by atoms with Gasteiger partial charge in [-0.15, -0.1) is 0 Å². The molecule has 4 aromatic rings. The fourth-order valence-electron chi connectivity index (χ4n) is 5.89. The van der Waals surface area contributed by atoms with Crippen LogP contribution in [0.1, 0.15) is 29.6 Å². The van der Waals surface area contributed by atoms with E-state index in [0.717, 1.165) is 39.8 Å². The number of rotatable bonds is 4. The fourth-order valence-corrected chi connectivity index (χ4v) is 5.89. The van der Waals surface area contributed by atoms with Gasteiger partial charge in [-0.2, -0.15) is 0 Å². The molecule has 2 aromatic heterocycles. The smallest absolute Gasteiger partial charge is 0.325 e. The molecule has 0 amide bonds. The van der Waals surface area contributed by atoms with Gasteiger partial charge in [0.25, 0.3) is 5.56 Å². The van der Waals surface area contributed by atoms with Crippen LogP contribution in [0.15, 0.2) is 77.6 Å². The second-order valence-electron chi connectivity index (χ2n) is 9.22. The van der Waals surface area contributed by atoms with E-state index in [0.29, 0.717) is 19.6 Å². The van der Waals surface area contributed by atoms with Crippen molar-refractivity contribution in [1.29, 1.82) is 0 Å². The molecular weight excluding hydrogens is 414 g/mol. The average molecular weight is 440 g/mol. The Bertz CT molecular complexity index is 1410. The van der Waals surface area contributed by atoms with E-state index in [9.17, 15) is 14.7 Å². The lowest BCUT2D eigenvalue weighted by Crippen LogP contribution is -2.49. The van der Waals surface area contributed by atoms with Crippen LogP contribution in [0, 0.1) is 5.92 Å². The maximum atomic E-state index is 12.8. The van der Waals surface area contributed by atoms with Crippen LogP contribution in [-0.2, 0) is 11.3 Å². The monoisotopic (exact) mass is 439 g/mol. The number of carbonyl (C=O) groups is 1. The van der Waals surface area contributed by atoms with Crippen molar-refractivity contribution in [3.8, 4) is 11.3 Å². The number of nitrogens with one attached hydrogen (secondary N) is 1. The Hall–Kier alpha value is -3.64. The second-order valence-corrected chi connectivity index (χ2v) is 9.22. The topological polar surface area (TPSA) is 78.3 Å². The van der Waals surface area contributed by atoms with Crippen molar-refractivity contribution in [2.45, 2.75) is 24.9 Å². The van der Waals surface area contributed by atoms with E-state index in [1.54, 1.807) is 6.07 Å². The predicted molar refractivity (Wildman–Crippen MR) is 127 cm³/mol. The normalized spacial score (nSPS) is 21.0. The molecule has 2 bridgehead atoms. The highest BCUT2D eigenvalue weighted by atomic mass is 16.4. The highest BCUT2D eigenvalue weighted by molar-refractivity contribution is 5.95. The van der Waals surface area contributed by atoms with Gasteiger partial charge in [-0.05, 0) is 30.0 Å². The Labute approximate surface area is 191 Å². The number of aromatic nitrogens is 2. The van der Waals surface area contributed by atoms with Crippen LogP contribution < -0.4 is 5.56 Å². The van der Waals surface area contributed by atoms with Gasteiger partial charge < -0.3 is 14.7 Å². The minimum atomic E-state index is -0.845. The molecular formula is C27H25N3O3. The molecule has 4 heterocycles. The molecule has 2 aliphatic heterocycles. The van der Waals surface area contributed by atoms with E-state index in [1.807, 2.05) is 71.3 Å². The summed E-state index contributed by atoms with van der Waals surface area (Å²) in [4.78, 5) is 30.8. The first-order valence-electron chi connectivity index (χ1n) is 11.4. The molecule has 0 aliphatic carbocycles. The molecule has 1 unspecified atom stereocenters. The SMILES string of the molecule is O=C(O)C(c1c(-c2ccccc2)[nH]c2ccccc12)N1C[C@@H]2C[C@@H](C1)c1cccc(=O)n1C2. The number of likely N-dealkylation sites (tertiary alicyclic amines) is 1. The lowest BCUT2D eigenvalue weighted by atomic mass is 9.81. The van der Waals surface area contributed by atoms with Crippen LogP contribution in [0.25, 0.3) is 22.2 Å². The molecule has 0 radical (unpaired) electrons. The van der Waals surface area contributed by atoms with Gasteiger partial charge in [0.2, 0.25) is 0 Å². The third kappa shape index (κ3) is 3.29. The number of aromatic amines is 1. The zero-order valence-electron chi connectivity index (χ0n) is 18.1. The summed E-state index contributed by atoms with van der Waals surface area (Å²) >= 11 is 0. The summed E-state index contributed by atoms with van der Waals surface area (Å²) in [6.07, 6.45) is 0.992. The van der Waals surface area contributed by atoms with Crippen molar-refractivity contribution in [3.63, 3.8) is 0 Å². The minimum Gasteiger partial charge on any atom is -0.480 e. The van der Waals surface area contributed by atoms with Gasteiger partial charge in [0.05, 0.1) is 5.69 Å². The van der Waals surface area contributed by atoms with Crippen molar-refractivity contribution in [3.05, 3.63) is 94.4 Å². The number of piperidine rings is 1. The molecule has 2 aliphatic rings. The highest BCUT2D eigenvalue weighted by Crippen LogP contribution is 2.42. The quantitative estimate of drug-likeness (QED) is 0.499. The number of H-pyrrole nitrogens is 1. The Morgan fingerprint density at radius 1 is 0.939 bits per heavy atom. The number of benzene rings is 2.